The Morgan fingerprint density at radius 2 is 1.95 bits per heavy atom. The summed E-state index contributed by atoms with van der Waals surface area (Å²) in [6, 6.07) is 9.98. The number of carbonyl (C=O) groups excluding carboxylic acids is 1. The molecule has 3 heteroatoms. The van der Waals surface area contributed by atoms with Crippen LogP contribution in [-0.4, -0.2) is 17.8 Å². The quantitative estimate of drug-likeness (QED) is 0.795. The number of hydrogen-bond acceptors (Lipinski definition) is 1. The number of amides is 1. The van der Waals surface area contributed by atoms with Gasteiger partial charge in [-0.3, -0.25) is 4.79 Å². The monoisotopic (exact) mass is 323 g/mol. The van der Waals surface area contributed by atoms with Crippen molar-refractivity contribution in [3.63, 3.8) is 0 Å². The summed E-state index contributed by atoms with van der Waals surface area (Å²) in [6.45, 7) is 4.79. The first-order chi connectivity index (χ1) is 9.00. The Morgan fingerprint density at radius 1 is 1.32 bits per heavy atom. The Kier molecular flexibility index (Phi) is 4.34. The van der Waals surface area contributed by atoms with Gasteiger partial charge in [0.15, 0.2) is 0 Å². The van der Waals surface area contributed by atoms with Gasteiger partial charge in [-0.05, 0) is 44.1 Å². The van der Waals surface area contributed by atoms with E-state index in [1.165, 1.54) is 12.8 Å². The molecule has 1 fully saturated rings. The van der Waals surface area contributed by atoms with Crippen molar-refractivity contribution in [1.82, 2.24) is 5.32 Å². The maximum absolute atomic E-state index is 12.4. The summed E-state index contributed by atoms with van der Waals surface area (Å²) in [5.74, 6) is 0.125. The molecule has 0 unspecified atom stereocenters. The SMILES string of the molecule is CC(C)(C(=O)NCC1(CCBr)CC1)c1ccccc1. The summed E-state index contributed by atoms with van der Waals surface area (Å²) < 4.78 is 0. The van der Waals surface area contributed by atoms with Gasteiger partial charge in [-0.2, -0.15) is 0 Å². The van der Waals surface area contributed by atoms with Crippen molar-refractivity contribution >= 4 is 21.8 Å². The molecule has 19 heavy (non-hydrogen) atoms. The van der Waals surface area contributed by atoms with E-state index in [4.69, 9.17) is 0 Å². The fourth-order valence-electron chi connectivity index (χ4n) is 2.37. The molecule has 0 aliphatic heterocycles. The molecule has 1 saturated carbocycles. The highest BCUT2D eigenvalue weighted by atomic mass is 79.9. The summed E-state index contributed by atoms with van der Waals surface area (Å²) in [6.07, 6.45) is 3.63. The second-order valence-electron chi connectivity index (χ2n) is 6.11. The van der Waals surface area contributed by atoms with Crippen molar-refractivity contribution in [3.05, 3.63) is 35.9 Å². The summed E-state index contributed by atoms with van der Waals surface area (Å²) >= 11 is 3.50. The third-order valence-electron chi connectivity index (χ3n) is 4.27. The summed E-state index contributed by atoms with van der Waals surface area (Å²) in [4.78, 5) is 12.4. The molecular weight excluding hydrogens is 302 g/mol. The maximum Gasteiger partial charge on any atom is 0.230 e. The van der Waals surface area contributed by atoms with Gasteiger partial charge in [-0.1, -0.05) is 46.3 Å². The predicted octanol–water partition coefficient (Wildman–Crippen LogP) is 3.65. The van der Waals surface area contributed by atoms with Crippen LogP contribution in [-0.2, 0) is 10.2 Å². The van der Waals surface area contributed by atoms with E-state index in [9.17, 15) is 4.79 Å². The predicted molar refractivity (Wildman–Crippen MR) is 82.6 cm³/mol. The van der Waals surface area contributed by atoms with E-state index in [2.05, 4.69) is 21.2 Å². The minimum Gasteiger partial charge on any atom is -0.355 e. The van der Waals surface area contributed by atoms with Crippen LogP contribution in [0.15, 0.2) is 30.3 Å². The second kappa shape index (κ2) is 5.66. The number of carbonyl (C=O) groups is 1. The van der Waals surface area contributed by atoms with Crippen molar-refractivity contribution in [2.45, 2.75) is 38.5 Å². The van der Waals surface area contributed by atoms with Gasteiger partial charge in [-0.25, -0.2) is 0 Å². The number of nitrogens with one attached hydrogen (secondary N) is 1. The van der Waals surface area contributed by atoms with Crippen LogP contribution in [0, 0.1) is 5.41 Å². The molecule has 104 valence electrons. The lowest BCUT2D eigenvalue weighted by Gasteiger charge is -2.25. The van der Waals surface area contributed by atoms with Gasteiger partial charge in [0.1, 0.15) is 0 Å². The Hall–Kier alpha value is -0.830. The van der Waals surface area contributed by atoms with Gasteiger partial charge in [0.25, 0.3) is 0 Å². The molecule has 0 saturated heterocycles. The van der Waals surface area contributed by atoms with E-state index < -0.39 is 5.41 Å². The van der Waals surface area contributed by atoms with Crippen LogP contribution in [0.25, 0.3) is 0 Å². The van der Waals surface area contributed by atoms with Crippen LogP contribution in [0.5, 0.6) is 0 Å². The first-order valence-corrected chi connectivity index (χ1v) is 8.02. The standard InChI is InChI=1S/C16H22BrNO/c1-15(2,13-6-4-3-5-7-13)14(19)18-12-16(8-9-16)10-11-17/h3-7H,8-12H2,1-2H3,(H,18,19). The fraction of sp³-hybridized carbons (Fsp3) is 0.562. The molecule has 1 aliphatic rings. The lowest BCUT2D eigenvalue weighted by atomic mass is 9.83. The van der Waals surface area contributed by atoms with Crippen LogP contribution < -0.4 is 5.32 Å². The summed E-state index contributed by atoms with van der Waals surface area (Å²) in [7, 11) is 0. The van der Waals surface area contributed by atoms with Crippen LogP contribution in [0.2, 0.25) is 0 Å². The normalized spacial score (nSPS) is 17.0. The van der Waals surface area contributed by atoms with E-state index in [1.807, 2.05) is 44.2 Å². The van der Waals surface area contributed by atoms with Gasteiger partial charge >= 0.3 is 0 Å². The van der Waals surface area contributed by atoms with Gasteiger partial charge in [-0.15, -0.1) is 0 Å². The minimum atomic E-state index is -0.467. The first kappa shape index (κ1) is 14.6. The van der Waals surface area contributed by atoms with Crippen LogP contribution >= 0.6 is 15.9 Å². The molecule has 1 aromatic carbocycles. The third kappa shape index (κ3) is 3.38. The van der Waals surface area contributed by atoms with E-state index in [0.29, 0.717) is 5.41 Å². The molecule has 1 N–H and O–H groups in total. The molecule has 0 spiro atoms. The van der Waals surface area contributed by atoms with Crippen molar-refractivity contribution in [1.29, 1.82) is 0 Å². The van der Waals surface area contributed by atoms with E-state index in [1.54, 1.807) is 0 Å². The van der Waals surface area contributed by atoms with Crippen LogP contribution in [0.4, 0.5) is 0 Å². The fourth-order valence-corrected chi connectivity index (χ4v) is 3.21. The molecule has 0 aromatic heterocycles. The molecule has 1 aliphatic carbocycles. The average molecular weight is 324 g/mol. The molecule has 1 aromatic rings. The van der Waals surface area contributed by atoms with Gasteiger partial charge in [0, 0.05) is 11.9 Å². The highest BCUT2D eigenvalue weighted by molar-refractivity contribution is 9.09. The molecule has 2 rings (SSSR count). The summed E-state index contributed by atoms with van der Waals surface area (Å²) in [5, 5.41) is 4.17. The number of halogens is 1. The van der Waals surface area contributed by atoms with Gasteiger partial charge in [0.05, 0.1) is 5.41 Å². The van der Waals surface area contributed by atoms with E-state index in [-0.39, 0.29) is 5.91 Å². The molecule has 2 nitrogen and oxygen atoms in total. The highest BCUT2D eigenvalue weighted by Gasteiger charge is 2.42. The van der Waals surface area contributed by atoms with Gasteiger partial charge < -0.3 is 5.32 Å². The number of alkyl halides is 1. The lowest BCUT2D eigenvalue weighted by molar-refractivity contribution is -0.125. The second-order valence-corrected chi connectivity index (χ2v) is 6.91. The Labute approximate surface area is 124 Å². The van der Waals surface area contributed by atoms with Crippen molar-refractivity contribution in [2.75, 3.05) is 11.9 Å². The Morgan fingerprint density at radius 3 is 2.47 bits per heavy atom. The van der Waals surface area contributed by atoms with Crippen molar-refractivity contribution < 1.29 is 4.79 Å². The first-order valence-electron chi connectivity index (χ1n) is 6.90. The largest absolute Gasteiger partial charge is 0.355 e. The highest BCUT2D eigenvalue weighted by Crippen LogP contribution is 2.48. The molecule has 0 atom stereocenters. The van der Waals surface area contributed by atoms with Crippen LogP contribution in [0.1, 0.15) is 38.7 Å². The molecule has 0 radical (unpaired) electrons. The average Bonchev–Trinajstić information content (AvgIpc) is 3.17. The van der Waals surface area contributed by atoms with Crippen molar-refractivity contribution in [2.24, 2.45) is 5.41 Å². The number of benzene rings is 1. The van der Waals surface area contributed by atoms with E-state index in [0.717, 1.165) is 23.9 Å². The smallest absolute Gasteiger partial charge is 0.230 e. The molecule has 0 bridgehead atoms. The Balaban J connectivity index is 1.96. The maximum atomic E-state index is 12.4. The number of rotatable bonds is 6. The topological polar surface area (TPSA) is 29.1 Å². The van der Waals surface area contributed by atoms with Crippen LogP contribution in [0.3, 0.4) is 0 Å². The van der Waals surface area contributed by atoms with Crippen molar-refractivity contribution in [3.8, 4) is 0 Å². The summed E-state index contributed by atoms with van der Waals surface area (Å²) in [5.41, 5.74) is 0.968. The molecule has 0 heterocycles. The van der Waals surface area contributed by atoms with E-state index >= 15 is 0 Å². The Bertz CT molecular complexity index is 437. The minimum absolute atomic E-state index is 0.125. The third-order valence-corrected chi connectivity index (χ3v) is 4.67. The number of hydrogen-bond donors (Lipinski definition) is 1. The van der Waals surface area contributed by atoms with Gasteiger partial charge in [0.2, 0.25) is 5.91 Å². The molecular formula is C16H22BrNO. The molecule has 1 amide bonds. The zero-order chi connectivity index (χ0) is 13.9. The lowest BCUT2D eigenvalue weighted by Crippen LogP contribution is -2.42. The zero-order valence-corrected chi connectivity index (χ0v) is 13.3. The zero-order valence-electron chi connectivity index (χ0n) is 11.7.